The molecule has 1 aromatic rings. The monoisotopic (exact) mass is 315 g/mol. The fourth-order valence-electron chi connectivity index (χ4n) is 1.79. The third-order valence-corrected chi connectivity index (χ3v) is 4.71. The largest absolute Gasteiger partial charge is 0.480 e. The van der Waals surface area contributed by atoms with Gasteiger partial charge in [-0.05, 0) is 25.0 Å². The van der Waals surface area contributed by atoms with Gasteiger partial charge in [-0.25, -0.2) is 4.79 Å². The van der Waals surface area contributed by atoms with Crippen LogP contribution in [-0.4, -0.2) is 28.3 Å². The number of halogens is 1. The van der Waals surface area contributed by atoms with E-state index in [1.807, 2.05) is 18.2 Å². The van der Waals surface area contributed by atoms with Crippen molar-refractivity contribution in [1.29, 1.82) is 0 Å². The van der Waals surface area contributed by atoms with Crippen molar-refractivity contribution in [2.75, 3.05) is 5.75 Å². The quantitative estimate of drug-likeness (QED) is 0.758. The molecule has 0 atom stereocenters. The fourth-order valence-corrected chi connectivity index (χ4v) is 2.83. The highest BCUT2D eigenvalue weighted by atomic mass is 35.5. The standard InChI is InChI=1S/C14H18ClNO3S/c1-3-14(4-2,13(18)19)16-12(17)9-20-11-8-6-5-7-10(11)15/h5-8H,3-4,9H2,1-2H3,(H,16,17)(H,18,19). The van der Waals surface area contributed by atoms with Crippen LogP contribution in [0.2, 0.25) is 5.02 Å². The van der Waals surface area contributed by atoms with Crippen molar-refractivity contribution in [3.8, 4) is 0 Å². The van der Waals surface area contributed by atoms with Gasteiger partial charge in [0.25, 0.3) is 0 Å². The molecule has 0 aliphatic rings. The normalized spacial score (nSPS) is 11.2. The maximum absolute atomic E-state index is 11.9. The first kappa shape index (κ1) is 16.9. The lowest BCUT2D eigenvalue weighted by atomic mass is 9.93. The molecule has 110 valence electrons. The van der Waals surface area contributed by atoms with Crippen LogP contribution in [0.3, 0.4) is 0 Å². The minimum absolute atomic E-state index is 0.138. The summed E-state index contributed by atoms with van der Waals surface area (Å²) in [7, 11) is 0. The van der Waals surface area contributed by atoms with E-state index < -0.39 is 11.5 Å². The first-order chi connectivity index (χ1) is 9.45. The molecule has 0 saturated heterocycles. The summed E-state index contributed by atoms with van der Waals surface area (Å²) in [6, 6.07) is 7.23. The summed E-state index contributed by atoms with van der Waals surface area (Å²) in [5, 5.41) is 12.5. The molecule has 0 spiro atoms. The lowest BCUT2D eigenvalue weighted by molar-refractivity contribution is -0.147. The molecule has 0 heterocycles. The number of carbonyl (C=O) groups excluding carboxylic acids is 1. The van der Waals surface area contributed by atoms with Gasteiger partial charge in [-0.3, -0.25) is 4.79 Å². The molecular weight excluding hydrogens is 298 g/mol. The molecule has 0 unspecified atom stereocenters. The van der Waals surface area contributed by atoms with E-state index in [0.29, 0.717) is 17.9 Å². The summed E-state index contributed by atoms with van der Waals surface area (Å²) < 4.78 is 0. The molecule has 0 aliphatic carbocycles. The van der Waals surface area contributed by atoms with Gasteiger partial charge in [0.05, 0.1) is 10.8 Å². The van der Waals surface area contributed by atoms with E-state index in [2.05, 4.69) is 5.32 Å². The summed E-state index contributed by atoms with van der Waals surface area (Å²) >= 11 is 7.29. The van der Waals surface area contributed by atoms with E-state index in [9.17, 15) is 14.7 Å². The number of hydrogen-bond acceptors (Lipinski definition) is 3. The Hall–Kier alpha value is -1.20. The van der Waals surface area contributed by atoms with Crippen molar-refractivity contribution in [2.45, 2.75) is 37.1 Å². The van der Waals surface area contributed by atoms with E-state index in [1.54, 1.807) is 19.9 Å². The minimum atomic E-state index is -1.18. The van der Waals surface area contributed by atoms with Gasteiger partial charge < -0.3 is 10.4 Å². The SMILES string of the molecule is CCC(CC)(NC(=O)CSc1ccccc1Cl)C(=O)O. The van der Waals surface area contributed by atoms with Crippen molar-refractivity contribution >= 4 is 35.2 Å². The zero-order chi connectivity index (χ0) is 15.2. The second-order valence-electron chi connectivity index (χ2n) is 4.36. The number of nitrogens with one attached hydrogen (secondary N) is 1. The Labute approximate surface area is 127 Å². The summed E-state index contributed by atoms with van der Waals surface area (Å²) in [4.78, 5) is 24.0. The van der Waals surface area contributed by atoms with Gasteiger partial charge in [0, 0.05) is 4.90 Å². The molecule has 0 fully saturated rings. The third-order valence-electron chi connectivity index (χ3n) is 3.19. The van der Waals surface area contributed by atoms with Crippen molar-refractivity contribution in [3.05, 3.63) is 29.3 Å². The molecular formula is C14H18ClNO3S. The molecule has 0 saturated carbocycles. The summed E-state index contributed by atoms with van der Waals surface area (Å²) in [6.45, 7) is 3.50. The van der Waals surface area contributed by atoms with Gasteiger partial charge in [0.1, 0.15) is 5.54 Å². The van der Waals surface area contributed by atoms with Gasteiger partial charge in [-0.2, -0.15) is 0 Å². The second kappa shape index (κ2) is 7.55. The lowest BCUT2D eigenvalue weighted by Gasteiger charge is -2.27. The molecule has 0 aliphatic heterocycles. The number of hydrogen-bond donors (Lipinski definition) is 2. The van der Waals surface area contributed by atoms with E-state index in [-0.39, 0.29) is 11.7 Å². The highest BCUT2D eigenvalue weighted by molar-refractivity contribution is 8.00. The molecule has 1 aromatic carbocycles. The number of benzene rings is 1. The van der Waals surface area contributed by atoms with Crippen LogP contribution in [0.1, 0.15) is 26.7 Å². The van der Waals surface area contributed by atoms with Gasteiger partial charge in [-0.15, -0.1) is 11.8 Å². The number of rotatable bonds is 7. The number of aliphatic carboxylic acids is 1. The van der Waals surface area contributed by atoms with E-state index in [1.165, 1.54) is 11.8 Å². The molecule has 0 radical (unpaired) electrons. The fraction of sp³-hybridized carbons (Fsp3) is 0.429. The Morgan fingerprint density at radius 2 is 1.90 bits per heavy atom. The van der Waals surface area contributed by atoms with E-state index in [0.717, 1.165) is 4.90 Å². The maximum Gasteiger partial charge on any atom is 0.329 e. The molecule has 2 N–H and O–H groups in total. The van der Waals surface area contributed by atoms with Crippen molar-refractivity contribution in [1.82, 2.24) is 5.32 Å². The highest BCUT2D eigenvalue weighted by Crippen LogP contribution is 2.26. The summed E-state index contributed by atoms with van der Waals surface area (Å²) in [5.74, 6) is -1.17. The molecule has 20 heavy (non-hydrogen) atoms. The Balaban J connectivity index is 2.64. The van der Waals surface area contributed by atoms with Gasteiger partial charge in [0.2, 0.25) is 5.91 Å². The van der Waals surface area contributed by atoms with Crippen LogP contribution in [0.4, 0.5) is 0 Å². The molecule has 1 rings (SSSR count). The number of amides is 1. The van der Waals surface area contributed by atoms with Crippen LogP contribution in [-0.2, 0) is 9.59 Å². The smallest absolute Gasteiger partial charge is 0.329 e. The Morgan fingerprint density at radius 3 is 2.40 bits per heavy atom. The molecule has 6 heteroatoms. The topological polar surface area (TPSA) is 66.4 Å². The lowest BCUT2D eigenvalue weighted by Crippen LogP contribution is -2.54. The first-order valence-electron chi connectivity index (χ1n) is 6.37. The van der Waals surface area contributed by atoms with Crippen LogP contribution < -0.4 is 5.32 Å². The minimum Gasteiger partial charge on any atom is -0.480 e. The average molecular weight is 316 g/mol. The number of carboxylic acid groups (broad SMARTS) is 1. The third kappa shape index (κ3) is 4.15. The summed E-state index contributed by atoms with van der Waals surface area (Å²) in [5.41, 5.74) is -1.18. The first-order valence-corrected chi connectivity index (χ1v) is 7.73. The highest BCUT2D eigenvalue weighted by Gasteiger charge is 2.36. The molecule has 1 amide bonds. The second-order valence-corrected chi connectivity index (χ2v) is 5.79. The maximum atomic E-state index is 11.9. The van der Waals surface area contributed by atoms with Crippen LogP contribution in [0.5, 0.6) is 0 Å². The Bertz CT molecular complexity index is 489. The van der Waals surface area contributed by atoms with Crippen LogP contribution >= 0.6 is 23.4 Å². The number of carbonyl (C=O) groups is 2. The summed E-state index contributed by atoms with van der Waals surface area (Å²) in [6.07, 6.45) is 0.697. The Morgan fingerprint density at radius 1 is 1.30 bits per heavy atom. The van der Waals surface area contributed by atoms with Crippen molar-refractivity contribution in [3.63, 3.8) is 0 Å². The van der Waals surface area contributed by atoms with E-state index in [4.69, 9.17) is 11.6 Å². The van der Waals surface area contributed by atoms with E-state index >= 15 is 0 Å². The van der Waals surface area contributed by atoms with Gasteiger partial charge >= 0.3 is 5.97 Å². The number of carboxylic acids is 1. The van der Waals surface area contributed by atoms with Crippen LogP contribution in [0.25, 0.3) is 0 Å². The zero-order valence-corrected chi connectivity index (χ0v) is 13.1. The molecule has 0 aromatic heterocycles. The van der Waals surface area contributed by atoms with Crippen LogP contribution in [0, 0.1) is 0 Å². The average Bonchev–Trinajstić information content (AvgIpc) is 2.43. The van der Waals surface area contributed by atoms with Crippen LogP contribution in [0.15, 0.2) is 29.2 Å². The van der Waals surface area contributed by atoms with Crippen molar-refractivity contribution < 1.29 is 14.7 Å². The van der Waals surface area contributed by atoms with Gasteiger partial charge in [-0.1, -0.05) is 37.6 Å². The number of thioether (sulfide) groups is 1. The predicted octanol–water partition coefficient (Wildman–Crippen LogP) is 3.19. The van der Waals surface area contributed by atoms with Crippen molar-refractivity contribution in [2.24, 2.45) is 0 Å². The van der Waals surface area contributed by atoms with Gasteiger partial charge in [0.15, 0.2) is 0 Å². The predicted molar refractivity (Wildman–Crippen MR) is 81.3 cm³/mol. The zero-order valence-electron chi connectivity index (χ0n) is 11.5. The molecule has 4 nitrogen and oxygen atoms in total. The Kier molecular flexibility index (Phi) is 6.36. The molecule has 0 bridgehead atoms.